The van der Waals surface area contributed by atoms with Crippen LogP contribution < -0.4 is 15.8 Å². The monoisotopic (exact) mass is 284 g/mol. The number of aryl methyl sites for hydroxylation is 1. The molecule has 4 nitrogen and oxygen atoms in total. The minimum Gasteiger partial charge on any atom is -0.494 e. The van der Waals surface area contributed by atoms with E-state index in [1.165, 1.54) is 0 Å². The first-order chi connectivity index (χ1) is 10.1. The predicted octanol–water partition coefficient (Wildman–Crippen LogP) is 3.62. The summed E-state index contributed by atoms with van der Waals surface area (Å²) in [6.07, 6.45) is 0.946. The van der Waals surface area contributed by atoms with Gasteiger partial charge in [-0.25, -0.2) is 0 Å². The second-order valence-corrected chi connectivity index (χ2v) is 4.90. The van der Waals surface area contributed by atoms with Crippen molar-refractivity contribution >= 4 is 17.3 Å². The molecule has 110 valence electrons. The first-order valence-electron chi connectivity index (χ1n) is 7.00. The van der Waals surface area contributed by atoms with Gasteiger partial charge in [0.25, 0.3) is 5.91 Å². The van der Waals surface area contributed by atoms with Crippen LogP contribution in [0.25, 0.3) is 0 Å². The zero-order valence-electron chi connectivity index (χ0n) is 12.3. The fourth-order valence-electron chi connectivity index (χ4n) is 1.90. The maximum absolute atomic E-state index is 12.2. The highest BCUT2D eigenvalue weighted by Crippen LogP contribution is 2.19. The summed E-state index contributed by atoms with van der Waals surface area (Å²) in [5.74, 6) is 0.592. The smallest absolute Gasteiger partial charge is 0.255 e. The molecule has 2 aromatic rings. The van der Waals surface area contributed by atoms with Crippen molar-refractivity contribution < 1.29 is 9.53 Å². The van der Waals surface area contributed by atoms with E-state index in [4.69, 9.17) is 10.5 Å². The molecule has 0 fully saturated rings. The van der Waals surface area contributed by atoms with E-state index < -0.39 is 0 Å². The van der Waals surface area contributed by atoms with Crippen molar-refractivity contribution in [3.8, 4) is 5.75 Å². The molecule has 0 heterocycles. The summed E-state index contributed by atoms with van der Waals surface area (Å²) in [6, 6.07) is 12.6. The topological polar surface area (TPSA) is 64.3 Å². The van der Waals surface area contributed by atoms with Crippen LogP contribution in [-0.4, -0.2) is 12.5 Å². The van der Waals surface area contributed by atoms with Crippen molar-refractivity contribution in [3.05, 3.63) is 53.6 Å². The lowest BCUT2D eigenvalue weighted by molar-refractivity contribution is 0.102. The van der Waals surface area contributed by atoms with Crippen molar-refractivity contribution in [2.75, 3.05) is 17.7 Å². The molecule has 0 unspecified atom stereocenters. The number of anilines is 2. The Balaban J connectivity index is 2.10. The summed E-state index contributed by atoms with van der Waals surface area (Å²) < 4.78 is 5.55. The molecule has 2 rings (SSSR count). The van der Waals surface area contributed by atoms with Gasteiger partial charge in [0.05, 0.1) is 6.61 Å². The number of rotatable bonds is 5. The van der Waals surface area contributed by atoms with Gasteiger partial charge in [-0.3, -0.25) is 4.79 Å². The first kappa shape index (κ1) is 14.9. The number of ether oxygens (including phenoxy) is 1. The van der Waals surface area contributed by atoms with Crippen molar-refractivity contribution in [3.63, 3.8) is 0 Å². The van der Waals surface area contributed by atoms with Gasteiger partial charge in [-0.2, -0.15) is 0 Å². The van der Waals surface area contributed by atoms with Crippen LogP contribution in [-0.2, 0) is 0 Å². The number of carbonyl (C=O) groups excluding carboxylic acids is 1. The molecule has 0 spiro atoms. The molecule has 0 saturated heterocycles. The zero-order chi connectivity index (χ0) is 15.2. The van der Waals surface area contributed by atoms with E-state index in [2.05, 4.69) is 12.2 Å². The number of carbonyl (C=O) groups is 1. The number of amides is 1. The second-order valence-electron chi connectivity index (χ2n) is 4.90. The summed E-state index contributed by atoms with van der Waals surface area (Å²) in [5.41, 5.74) is 8.63. The molecule has 2 aromatic carbocycles. The minimum atomic E-state index is -0.161. The lowest BCUT2D eigenvalue weighted by atomic mass is 10.1. The molecule has 0 aliphatic carbocycles. The molecule has 0 radical (unpaired) electrons. The van der Waals surface area contributed by atoms with E-state index in [1.807, 2.05) is 31.2 Å². The van der Waals surface area contributed by atoms with Crippen molar-refractivity contribution in [2.45, 2.75) is 20.3 Å². The Morgan fingerprint density at radius 2 is 2.05 bits per heavy atom. The Morgan fingerprint density at radius 3 is 2.76 bits per heavy atom. The molecular formula is C17H20N2O2. The molecule has 21 heavy (non-hydrogen) atoms. The number of nitrogen functional groups attached to an aromatic ring is 1. The normalized spacial score (nSPS) is 10.2. The van der Waals surface area contributed by atoms with E-state index in [0.717, 1.165) is 17.7 Å². The quantitative estimate of drug-likeness (QED) is 0.824. The first-order valence-corrected chi connectivity index (χ1v) is 7.00. The van der Waals surface area contributed by atoms with E-state index in [-0.39, 0.29) is 5.91 Å². The van der Waals surface area contributed by atoms with Crippen LogP contribution in [0.5, 0.6) is 5.75 Å². The maximum Gasteiger partial charge on any atom is 0.255 e. The summed E-state index contributed by atoms with van der Waals surface area (Å²) in [4.78, 5) is 12.2. The van der Waals surface area contributed by atoms with Gasteiger partial charge < -0.3 is 15.8 Å². The second kappa shape index (κ2) is 6.79. The van der Waals surface area contributed by atoms with Gasteiger partial charge in [0.1, 0.15) is 5.75 Å². The Bertz CT molecular complexity index is 638. The van der Waals surface area contributed by atoms with E-state index >= 15 is 0 Å². The van der Waals surface area contributed by atoms with Gasteiger partial charge in [-0.15, -0.1) is 0 Å². The van der Waals surface area contributed by atoms with Crippen LogP contribution in [0.1, 0.15) is 29.3 Å². The van der Waals surface area contributed by atoms with Gasteiger partial charge in [-0.1, -0.05) is 13.0 Å². The van der Waals surface area contributed by atoms with Crippen LogP contribution in [0.3, 0.4) is 0 Å². The average molecular weight is 284 g/mol. The highest BCUT2D eigenvalue weighted by atomic mass is 16.5. The SMILES string of the molecule is CCCOc1cccc(NC(=O)c2ccc(N)c(C)c2)c1. The number of nitrogens with one attached hydrogen (secondary N) is 1. The van der Waals surface area contributed by atoms with Gasteiger partial charge in [0, 0.05) is 23.0 Å². The van der Waals surface area contributed by atoms with Gasteiger partial charge in [0.2, 0.25) is 0 Å². The van der Waals surface area contributed by atoms with E-state index in [0.29, 0.717) is 23.5 Å². The largest absolute Gasteiger partial charge is 0.494 e. The van der Waals surface area contributed by atoms with Crippen molar-refractivity contribution in [2.24, 2.45) is 0 Å². The Hall–Kier alpha value is -2.49. The summed E-state index contributed by atoms with van der Waals surface area (Å²) in [6.45, 7) is 4.59. The molecule has 0 aliphatic rings. The van der Waals surface area contributed by atoms with Gasteiger partial charge in [-0.05, 0) is 49.2 Å². The molecule has 0 atom stereocenters. The Kier molecular flexibility index (Phi) is 4.82. The van der Waals surface area contributed by atoms with Crippen LogP contribution in [0, 0.1) is 6.92 Å². The molecule has 3 N–H and O–H groups in total. The third kappa shape index (κ3) is 3.99. The number of hydrogen-bond donors (Lipinski definition) is 2. The van der Waals surface area contributed by atoms with Gasteiger partial charge >= 0.3 is 0 Å². The highest BCUT2D eigenvalue weighted by Gasteiger charge is 2.08. The molecule has 4 heteroatoms. The summed E-state index contributed by atoms with van der Waals surface area (Å²) in [5, 5.41) is 2.86. The molecule has 0 bridgehead atoms. The third-order valence-electron chi connectivity index (χ3n) is 3.10. The fourth-order valence-corrected chi connectivity index (χ4v) is 1.90. The Labute approximate surface area is 124 Å². The Morgan fingerprint density at radius 1 is 1.24 bits per heavy atom. The molecule has 1 amide bonds. The van der Waals surface area contributed by atoms with Crippen LogP contribution >= 0.6 is 0 Å². The highest BCUT2D eigenvalue weighted by molar-refractivity contribution is 6.04. The molecule has 0 aliphatic heterocycles. The minimum absolute atomic E-state index is 0.161. The van der Waals surface area contributed by atoms with Crippen LogP contribution in [0.2, 0.25) is 0 Å². The predicted molar refractivity (Wildman–Crippen MR) is 85.8 cm³/mol. The third-order valence-corrected chi connectivity index (χ3v) is 3.10. The van der Waals surface area contributed by atoms with Crippen molar-refractivity contribution in [1.82, 2.24) is 0 Å². The molecule has 0 saturated carbocycles. The van der Waals surface area contributed by atoms with E-state index in [1.54, 1.807) is 18.2 Å². The standard InChI is InChI=1S/C17H20N2O2/c1-3-9-21-15-6-4-5-14(11-15)19-17(20)13-7-8-16(18)12(2)10-13/h4-8,10-11H,3,9,18H2,1-2H3,(H,19,20). The average Bonchev–Trinajstić information content (AvgIpc) is 2.48. The van der Waals surface area contributed by atoms with Gasteiger partial charge in [0.15, 0.2) is 0 Å². The lowest BCUT2D eigenvalue weighted by Gasteiger charge is -2.09. The molecule has 0 aromatic heterocycles. The zero-order valence-corrected chi connectivity index (χ0v) is 12.3. The van der Waals surface area contributed by atoms with Crippen molar-refractivity contribution in [1.29, 1.82) is 0 Å². The van der Waals surface area contributed by atoms with E-state index in [9.17, 15) is 4.79 Å². The lowest BCUT2D eigenvalue weighted by Crippen LogP contribution is -2.12. The number of benzene rings is 2. The summed E-state index contributed by atoms with van der Waals surface area (Å²) >= 11 is 0. The number of hydrogen-bond acceptors (Lipinski definition) is 3. The fraction of sp³-hybridized carbons (Fsp3) is 0.235. The molecular weight excluding hydrogens is 264 g/mol. The maximum atomic E-state index is 12.2. The summed E-state index contributed by atoms with van der Waals surface area (Å²) in [7, 11) is 0. The van der Waals surface area contributed by atoms with Crippen LogP contribution in [0.15, 0.2) is 42.5 Å². The number of nitrogens with two attached hydrogens (primary N) is 1. The van der Waals surface area contributed by atoms with Crippen LogP contribution in [0.4, 0.5) is 11.4 Å².